The van der Waals surface area contributed by atoms with E-state index in [9.17, 15) is 14.7 Å². The lowest BCUT2D eigenvalue weighted by atomic mass is 10.00. The number of esters is 1. The van der Waals surface area contributed by atoms with E-state index in [1.165, 1.54) is 0 Å². The largest absolute Gasteiger partial charge is 0.462 e. The van der Waals surface area contributed by atoms with Gasteiger partial charge >= 0.3 is 12.1 Å². The molecule has 7 nitrogen and oxygen atoms in total. The molecule has 138 valence electrons. The Morgan fingerprint density at radius 1 is 1.50 bits per heavy atom. The van der Waals surface area contributed by atoms with E-state index in [4.69, 9.17) is 10.8 Å². The molecule has 0 fully saturated rings. The van der Waals surface area contributed by atoms with Gasteiger partial charge in [-0.3, -0.25) is 0 Å². The van der Waals surface area contributed by atoms with Crippen molar-refractivity contribution in [1.82, 2.24) is 5.32 Å². The minimum absolute atomic E-state index is 0.0613. The molecule has 24 heavy (non-hydrogen) atoms. The van der Waals surface area contributed by atoms with E-state index in [0.29, 0.717) is 6.42 Å². The van der Waals surface area contributed by atoms with Gasteiger partial charge in [0.25, 0.3) is 5.72 Å². The van der Waals surface area contributed by atoms with E-state index in [2.05, 4.69) is 10.3 Å². The van der Waals surface area contributed by atoms with Crippen LogP contribution in [-0.4, -0.2) is 51.9 Å². The van der Waals surface area contributed by atoms with Crippen molar-refractivity contribution in [2.75, 3.05) is 12.4 Å². The van der Waals surface area contributed by atoms with Gasteiger partial charge in [0.05, 0.1) is 24.8 Å². The van der Waals surface area contributed by atoms with Crippen LogP contribution in [0, 0.1) is 5.92 Å². The fourth-order valence-corrected chi connectivity index (χ4v) is 3.04. The van der Waals surface area contributed by atoms with Crippen LogP contribution in [0.2, 0.25) is 0 Å². The van der Waals surface area contributed by atoms with E-state index in [-0.39, 0.29) is 23.3 Å². The van der Waals surface area contributed by atoms with Crippen molar-refractivity contribution in [2.45, 2.75) is 65.3 Å². The molecule has 0 aliphatic carbocycles. The van der Waals surface area contributed by atoms with Crippen molar-refractivity contribution in [3.63, 3.8) is 0 Å². The smallest absolute Gasteiger partial charge is 0.408 e. The highest BCUT2D eigenvalue weighted by Gasteiger charge is 2.45. The van der Waals surface area contributed by atoms with Gasteiger partial charge in [-0.05, 0) is 33.6 Å². The second kappa shape index (κ2) is 8.20. The number of nitrogens with one attached hydrogen (secondary N) is 1. The number of amides is 1. The third kappa shape index (κ3) is 5.66. The zero-order chi connectivity index (χ0) is 19.5. The molecule has 8 heteroatoms. The molecular formula is C16H28N2O5S. The highest BCUT2D eigenvalue weighted by atomic mass is 32.2. The average molecular weight is 361 g/mol. The van der Waals surface area contributed by atoms with Crippen molar-refractivity contribution in [2.24, 2.45) is 10.9 Å². The lowest BCUT2D eigenvalue weighted by molar-refractivity contribution is -0.161. The zero-order valence-corrected chi connectivity index (χ0v) is 16.0. The van der Waals surface area contributed by atoms with E-state index in [1.807, 2.05) is 6.92 Å². The molecule has 0 bridgehead atoms. The Hall–Kier alpha value is -1.28. The maximum atomic E-state index is 12.2. The summed E-state index contributed by atoms with van der Waals surface area (Å²) in [5.41, 5.74) is -2.75. The van der Waals surface area contributed by atoms with Crippen LogP contribution in [0.1, 0.15) is 49.3 Å². The molecule has 1 unspecified atom stereocenters. The third-order valence-electron chi connectivity index (χ3n) is 3.27. The molecule has 0 aromatic carbocycles. The van der Waals surface area contributed by atoms with Crippen LogP contribution in [-0.2, 0) is 14.3 Å². The molecule has 0 aromatic heterocycles. The van der Waals surface area contributed by atoms with Crippen LogP contribution in [0.5, 0.6) is 0 Å². The summed E-state index contributed by atoms with van der Waals surface area (Å²) in [7, 11) is 0. The van der Waals surface area contributed by atoms with Crippen LogP contribution < -0.4 is 5.32 Å². The number of carbonyl (C=O) groups is 2. The lowest BCUT2D eigenvalue weighted by Gasteiger charge is -2.26. The predicted molar refractivity (Wildman–Crippen MR) is 94.1 cm³/mol. The second-order valence-electron chi connectivity index (χ2n) is 6.59. The summed E-state index contributed by atoms with van der Waals surface area (Å²) >= 11 is 1.06. The summed E-state index contributed by atoms with van der Waals surface area (Å²) in [4.78, 5) is 28.1. The number of carbonyl (C=O) groups excluding carboxylic acids is 2. The Labute approximate surface area is 149 Å². The number of aliphatic imine (C=N–C) groups is 1. The number of nitrogens with zero attached hydrogens (tertiary/aromatic N) is 1. The molecule has 1 heterocycles. The lowest BCUT2D eigenvalue weighted by Crippen LogP contribution is -2.46. The highest BCUT2D eigenvalue weighted by molar-refractivity contribution is 8.14. The van der Waals surface area contributed by atoms with E-state index in [1.54, 1.807) is 34.6 Å². The topological polar surface area (TPSA) is 97.2 Å². The van der Waals surface area contributed by atoms with Crippen LogP contribution in [0.25, 0.3) is 0 Å². The van der Waals surface area contributed by atoms with Gasteiger partial charge in [0, 0.05) is 0 Å². The SMILES string of the molecule is [2H][C@@](NC(=O)OC(C)(C)C)(C1=NC(O)(C(=O)OCC)CS1)[C@@H](C)CC. The Morgan fingerprint density at radius 2 is 2.12 bits per heavy atom. The van der Waals surface area contributed by atoms with Crippen LogP contribution in [0.4, 0.5) is 4.79 Å². The summed E-state index contributed by atoms with van der Waals surface area (Å²) in [5.74, 6) is -1.24. The first-order valence-electron chi connectivity index (χ1n) is 8.51. The van der Waals surface area contributed by atoms with Crippen LogP contribution in [0.3, 0.4) is 0 Å². The number of ether oxygens (including phenoxy) is 2. The molecule has 0 spiro atoms. The van der Waals surface area contributed by atoms with Crippen molar-refractivity contribution < 1.29 is 25.5 Å². The molecule has 1 amide bonds. The van der Waals surface area contributed by atoms with Gasteiger partial charge in [-0.25, -0.2) is 14.6 Å². The molecule has 1 aliphatic rings. The number of thioether (sulfide) groups is 1. The molecule has 0 aromatic rings. The first-order valence-corrected chi connectivity index (χ1v) is 9.00. The summed E-state index contributed by atoms with van der Waals surface area (Å²) in [6.07, 6.45) is -0.172. The summed E-state index contributed by atoms with van der Waals surface area (Å²) in [6, 6.07) is -1.61. The predicted octanol–water partition coefficient (Wildman–Crippen LogP) is 2.32. The fraction of sp³-hybridized carbons (Fsp3) is 0.812. The minimum Gasteiger partial charge on any atom is -0.462 e. The molecule has 2 N–H and O–H groups in total. The van der Waals surface area contributed by atoms with E-state index >= 15 is 0 Å². The van der Waals surface area contributed by atoms with Crippen LogP contribution in [0.15, 0.2) is 4.99 Å². The van der Waals surface area contributed by atoms with E-state index < -0.39 is 29.4 Å². The van der Waals surface area contributed by atoms with Gasteiger partial charge in [0.1, 0.15) is 5.60 Å². The molecule has 0 radical (unpaired) electrons. The maximum absolute atomic E-state index is 12.2. The van der Waals surface area contributed by atoms with Gasteiger partial charge < -0.3 is 19.9 Å². The highest BCUT2D eigenvalue weighted by Crippen LogP contribution is 2.31. The molecular weight excluding hydrogens is 332 g/mol. The van der Waals surface area contributed by atoms with Crippen molar-refractivity contribution in [3.05, 3.63) is 0 Å². The molecule has 0 saturated carbocycles. The van der Waals surface area contributed by atoms with E-state index in [0.717, 1.165) is 11.8 Å². The van der Waals surface area contributed by atoms with Crippen molar-refractivity contribution in [3.8, 4) is 0 Å². The molecule has 0 saturated heterocycles. The number of rotatable bonds is 6. The van der Waals surface area contributed by atoms with Crippen molar-refractivity contribution >= 4 is 28.9 Å². The normalized spacial score (nSPS) is 25.1. The Bertz CT molecular complexity index is 551. The number of aliphatic hydroxyl groups is 1. The zero-order valence-electron chi connectivity index (χ0n) is 16.1. The number of hydrogen-bond acceptors (Lipinski definition) is 7. The van der Waals surface area contributed by atoms with Gasteiger partial charge in [-0.1, -0.05) is 20.3 Å². The summed E-state index contributed by atoms with van der Waals surface area (Å²) < 4.78 is 18.8. The molecule has 1 aliphatic heterocycles. The van der Waals surface area contributed by atoms with Gasteiger partial charge in [0.2, 0.25) is 0 Å². The summed E-state index contributed by atoms with van der Waals surface area (Å²) in [6.45, 7) is 10.6. The summed E-state index contributed by atoms with van der Waals surface area (Å²) in [5, 5.41) is 13.1. The monoisotopic (exact) mass is 361 g/mol. The Kier molecular flexibility index (Phi) is 6.51. The Balaban J connectivity index is 3.10. The third-order valence-corrected chi connectivity index (χ3v) is 4.40. The average Bonchev–Trinajstić information content (AvgIpc) is 2.89. The quantitative estimate of drug-likeness (QED) is 0.705. The molecule has 3 atom stereocenters. The first-order chi connectivity index (χ1) is 11.4. The van der Waals surface area contributed by atoms with Crippen LogP contribution >= 0.6 is 11.8 Å². The fourth-order valence-electron chi connectivity index (χ4n) is 1.90. The maximum Gasteiger partial charge on any atom is 0.408 e. The first kappa shape index (κ1) is 19.1. The van der Waals surface area contributed by atoms with Gasteiger partial charge in [-0.2, -0.15) is 0 Å². The molecule has 1 rings (SSSR count). The second-order valence-corrected chi connectivity index (χ2v) is 7.56. The standard InChI is InChI=1S/C16H28N2O5S/c1-7-10(3)11(17-14(20)23-15(4,5)6)12-18-16(21,9-24-12)13(19)22-8-2/h10-11,21H,7-9H2,1-6H3,(H,17,20)/t10-,11-,16?/m0/s1/i11D. The minimum atomic E-state index is -2.04. The van der Waals surface area contributed by atoms with Crippen molar-refractivity contribution in [1.29, 1.82) is 0 Å². The Morgan fingerprint density at radius 3 is 2.62 bits per heavy atom. The van der Waals surface area contributed by atoms with Gasteiger partial charge in [-0.15, -0.1) is 11.8 Å². The van der Waals surface area contributed by atoms with Gasteiger partial charge in [0.15, 0.2) is 0 Å². The number of alkyl carbamates (subject to hydrolysis) is 1. The number of hydrogen-bond donors (Lipinski definition) is 2.